The Morgan fingerprint density at radius 3 is 2.73 bits per heavy atom. The maximum absolute atomic E-state index is 11.9. The van der Waals surface area contributed by atoms with Crippen LogP contribution < -0.4 is 16.4 Å². The van der Waals surface area contributed by atoms with E-state index in [9.17, 15) is 9.59 Å². The lowest BCUT2D eigenvalue weighted by molar-refractivity contribution is -0.122. The van der Waals surface area contributed by atoms with Crippen molar-refractivity contribution in [2.24, 2.45) is 11.7 Å². The molecule has 0 bridgehead atoms. The Morgan fingerprint density at radius 2 is 2.09 bits per heavy atom. The van der Waals surface area contributed by atoms with Gasteiger partial charge in [0.05, 0.1) is 0 Å². The van der Waals surface area contributed by atoms with E-state index in [1.165, 1.54) is 6.92 Å². The second-order valence-corrected chi connectivity index (χ2v) is 5.72. The molecule has 0 heterocycles. The molecule has 1 aromatic carbocycles. The Bertz CT molecular complexity index is 522. The van der Waals surface area contributed by atoms with Crippen LogP contribution in [-0.4, -0.2) is 17.9 Å². The molecule has 1 aromatic rings. The summed E-state index contributed by atoms with van der Waals surface area (Å²) < 4.78 is 0. The topological polar surface area (TPSA) is 84.2 Å². The number of carbonyl (C=O) groups excluding carboxylic acids is 2. The van der Waals surface area contributed by atoms with Gasteiger partial charge in [-0.15, -0.1) is 12.4 Å². The summed E-state index contributed by atoms with van der Waals surface area (Å²) in [5, 5.41) is 5.65. The zero-order valence-electron chi connectivity index (χ0n) is 12.8. The quantitative estimate of drug-likeness (QED) is 0.776. The Balaban J connectivity index is 0.00000242. The van der Waals surface area contributed by atoms with Crippen molar-refractivity contribution in [3.8, 4) is 0 Å². The lowest BCUT2D eigenvalue weighted by atomic mass is 10.00. The van der Waals surface area contributed by atoms with Crippen LogP contribution >= 0.6 is 12.4 Å². The summed E-state index contributed by atoms with van der Waals surface area (Å²) in [6, 6.07) is 7.64. The van der Waals surface area contributed by atoms with Crippen LogP contribution in [0.1, 0.15) is 38.2 Å². The van der Waals surface area contributed by atoms with Crippen LogP contribution in [0.5, 0.6) is 0 Å². The van der Waals surface area contributed by atoms with E-state index in [1.807, 2.05) is 24.3 Å². The Kier molecular flexibility index (Phi) is 7.35. The van der Waals surface area contributed by atoms with E-state index < -0.39 is 0 Å². The zero-order valence-corrected chi connectivity index (χ0v) is 13.6. The maximum atomic E-state index is 11.9. The highest BCUT2D eigenvalue weighted by atomic mass is 35.5. The van der Waals surface area contributed by atoms with Gasteiger partial charge in [0.15, 0.2) is 0 Å². The molecule has 2 amide bonds. The summed E-state index contributed by atoms with van der Waals surface area (Å²) in [4.78, 5) is 23.0. The summed E-state index contributed by atoms with van der Waals surface area (Å²) in [6.45, 7) is 1.94. The third kappa shape index (κ3) is 5.66. The third-order valence-corrected chi connectivity index (χ3v) is 3.90. The van der Waals surface area contributed by atoms with Gasteiger partial charge in [-0.05, 0) is 36.5 Å². The van der Waals surface area contributed by atoms with E-state index in [1.54, 1.807) is 0 Å². The number of rotatable bonds is 5. The van der Waals surface area contributed by atoms with Crippen molar-refractivity contribution in [3.63, 3.8) is 0 Å². The van der Waals surface area contributed by atoms with E-state index in [2.05, 4.69) is 10.6 Å². The Morgan fingerprint density at radius 1 is 1.32 bits per heavy atom. The van der Waals surface area contributed by atoms with Crippen molar-refractivity contribution in [2.75, 3.05) is 5.32 Å². The van der Waals surface area contributed by atoms with Crippen molar-refractivity contribution in [1.82, 2.24) is 5.32 Å². The van der Waals surface area contributed by atoms with Crippen molar-refractivity contribution >= 4 is 29.9 Å². The second kappa shape index (κ2) is 8.76. The number of halogens is 1. The van der Waals surface area contributed by atoms with Gasteiger partial charge in [0.1, 0.15) is 0 Å². The third-order valence-electron chi connectivity index (χ3n) is 3.90. The number of nitrogens with two attached hydrogens (primary N) is 1. The molecule has 6 heteroatoms. The van der Waals surface area contributed by atoms with Crippen LogP contribution in [0.4, 0.5) is 5.69 Å². The first-order chi connectivity index (χ1) is 10.0. The number of amides is 2. The normalized spacial score (nSPS) is 20.1. The molecular formula is C16H24ClN3O2. The van der Waals surface area contributed by atoms with Crippen molar-refractivity contribution in [2.45, 2.75) is 45.2 Å². The van der Waals surface area contributed by atoms with Crippen LogP contribution in [0.15, 0.2) is 24.3 Å². The van der Waals surface area contributed by atoms with Gasteiger partial charge in [-0.25, -0.2) is 0 Å². The molecule has 1 aliphatic rings. The molecule has 1 aliphatic carbocycles. The predicted molar refractivity (Wildman–Crippen MR) is 89.8 cm³/mol. The first-order valence-electron chi connectivity index (χ1n) is 7.43. The summed E-state index contributed by atoms with van der Waals surface area (Å²) in [7, 11) is 0. The first kappa shape index (κ1) is 18.5. The van der Waals surface area contributed by atoms with Crippen molar-refractivity contribution in [3.05, 3.63) is 29.8 Å². The van der Waals surface area contributed by atoms with E-state index in [4.69, 9.17) is 5.73 Å². The van der Waals surface area contributed by atoms with E-state index in [-0.39, 0.29) is 30.3 Å². The van der Waals surface area contributed by atoms with Gasteiger partial charge in [0.25, 0.3) is 0 Å². The Labute approximate surface area is 137 Å². The summed E-state index contributed by atoms with van der Waals surface area (Å²) in [5.74, 6) is 0.254. The molecule has 1 saturated carbocycles. The van der Waals surface area contributed by atoms with Crippen LogP contribution in [0.25, 0.3) is 0 Å². The highest BCUT2D eigenvalue weighted by Gasteiger charge is 2.25. The molecule has 5 nitrogen and oxygen atoms in total. The minimum atomic E-state index is -0.105. The fourth-order valence-corrected chi connectivity index (χ4v) is 2.79. The average Bonchev–Trinajstić information content (AvgIpc) is 2.82. The molecule has 122 valence electrons. The Hall–Kier alpha value is -1.59. The van der Waals surface area contributed by atoms with Crippen molar-refractivity contribution in [1.29, 1.82) is 0 Å². The van der Waals surface area contributed by atoms with Crippen LogP contribution in [-0.2, 0) is 16.1 Å². The predicted octanol–water partition coefficient (Wildman–Crippen LogP) is 2.20. The molecule has 4 N–H and O–H groups in total. The van der Waals surface area contributed by atoms with Gasteiger partial charge in [0, 0.05) is 31.6 Å². The molecule has 22 heavy (non-hydrogen) atoms. The van der Waals surface area contributed by atoms with Gasteiger partial charge in [-0.3, -0.25) is 9.59 Å². The smallest absolute Gasteiger partial charge is 0.221 e. The standard InChI is InChI=1S/C16H23N3O2.ClH/c1-11(20)19-14-6-2-4-12(8-14)10-18-16(21)9-13-5-3-7-15(13)17;/h2,4,6,8,13,15H,3,5,7,9-10,17H2,1H3,(H,18,21)(H,19,20);1H/t13-,15+;/m0./s1. The van der Waals surface area contributed by atoms with Gasteiger partial charge >= 0.3 is 0 Å². The second-order valence-electron chi connectivity index (χ2n) is 5.72. The fraction of sp³-hybridized carbons (Fsp3) is 0.500. The maximum Gasteiger partial charge on any atom is 0.221 e. The monoisotopic (exact) mass is 325 g/mol. The van der Waals surface area contributed by atoms with Crippen LogP contribution in [0, 0.1) is 5.92 Å². The molecule has 0 unspecified atom stereocenters. The number of hydrogen-bond donors (Lipinski definition) is 3. The zero-order chi connectivity index (χ0) is 15.2. The van der Waals surface area contributed by atoms with Gasteiger partial charge < -0.3 is 16.4 Å². The molecule has 0 spiro atoms. The SMILES string of the molecule is CC(=O)Nc1cccc(CNC(=O)C[C@@H]2CCC[C@H]2N)c1.Cl. The molecule has 0 aliphatic heterocycles. The van der Waals surface area contributed by atoms with E-state index in [0.29, 0.717) is 18.9 Å². The molecule has 1 fully saturated rings. The number of carbonyl (C=O) groups is 2. The molecule has 2 rings (SSSR count). The average molecular weight is 326 g/mol. The van der Waals surface area contributed by atoms with Gasteiger partial charge in [-0.1, -0.05) is 18.6 Å². The number of nitrogens with one attached hydrogen (secondary N) is 2. The lowest BCUT2D eigenvalue weighted by Gasteiger charge is -2.15. The minimum absolute atomic E-state index is 0. The van der Waals surface area contributed by atoms with Gasteiger partial charge in [-0.2, -0.15) is 0 Å². The van der Waals surface area contributed by atoms with E-state index in [0.717, 1.165) is 30.5 Å². The highest BCUT2D eigenvalue weighted by molar-refractivity contribution is 5.88. The summed E-state index contributed by atoms with van der Waals surface area (Å²) in [6.07, 6.45) is 3.70. The van der Waals surface area contributed by atoms with Crippen molar-refractivity contribution < 1.29 is 9.59 Å². The summed E-state index contributed by atoms with van der Waals surface area (Å²) in [5.41, 5.74) is 7.69. The fourth-order valence-electron chi connectivity index (χ4n) is 2.79. The minimum Gasteiger partial charge on any atom is -0.352 e. The highest BCUT2D eigenvalue weighted by Crippen LogP contribution is 2.26. The molecule has 2 atom stereocenters. The number of hydrogen-bond acceptors (Lipinski definition) is 3. The van der Waals surface area contributed by atoms with E-state index >= 15 is 0 Å². The first-order valence-corrected chi connectivity index (χ1v) is 7.43. The number of anilines is 1. The lowest BCUT2D eigenvalue weighted by Crippen LogP contribution is -2.31. The molecular weight excluding hydrogens is 302 g/mol. The summed E-state index contributed by atoms with van der Waals surface area (Å²) >= 11 is 0. The molecule has 0 saturated heterocycles. The number of benzene rings is 1. The molecule has 0 radical (unpaired) electrons. The van der Waals surface area contributed by atoms with Crippen LogP contribution in [0.2, 0.25) is 0 Å². The molecule has 0 aromatic heterocycles. The van der Waals surface area contributed by atoms with Crippen LogP contribution in [0.3, 0.4) is 0 Å². The largest absolute Gasteiger partial charge is 0.352 e. The van der Waals surface area contributed by atoms with Gasteiger partial charge in [0.2, 0.25) is 11.8 Å².